The maximum Gasteiger partial charge on any atom is 1.00 e. The summed E-state index contributed by atoms with van der Waals surface area (Å²) >= 11 is 0. The van der Waals surface area contributed by atoms with E-state index in [4.69, 9.17) is 0 Å². The average molecular weight is 145 g/mol. The van der Waals surface area contributed by atoms with Crippen LogP contribution in [0.1, 0.15) is 1.43 Å². The van der Waals surface area contributed by atoms with Crippen LogP contribution in [0.4, 0.5) is 0 Å². The van der Waals surface area contributed by atoms with Crippen molar-refractivity contribution in [1.82, 2.24) is 0 Å². The topological polar surface area (TPSA) is 0 Å². The van der Waals surface area contributed by atoms with Crippen LogP contribution in [0, 0.1) is 0 Å². The van der Waals surface area contributed by atoms with Gasteiger partial charge in [-0.05, 0) is 0 Å². The van der Waals surface area contributed by atoms with E-state index in [0.29, 0.717) is 0 Å². The molecule has 21 valence electrons. The molecule has 0 saturated carbocycles. The molecule has 0 unspecified atom stereocenters. The Bertz CT molecular complexity index is 11.6. The van der Waals surface area contributed by atoms with E-state index in [9.17, 15) is 0 Å². The van der Waals surface area contributed by atoms with Gasteiger partial charge in [0.25, 0.3) is 0 Å². The molecule has 1 radical (unpaired) electrons. The van der Waals surface area contributed by atoms with E-state index in [1.165, 1.54) is 0 Å². The molecule has 0 heterocycles. The Morgan fingerprint density at radius 2 is 1.25 bits per heavy atom. The first-order valence-corrected chi connectivity index (χ1v) is 0. The molecule has 0 nitrogen and oxygen atoms in total. The van der Waals surface area contributed by atoms with Crippen LogP contribution in [0.15, 0.2) is 0 Å². The molecule has 0 rings (SSSR count). The molecule has 0 atom stereocenters. The van der Waals surface area contributed by atoms with Crippen molar-refractivity contribution >= 4 is 17.4 Å². The molecule has 4 heteroatoms. The van der Waals surface area contributed by atoms with Crippen molar-refractivity contribution in [3.05, 3.63) is 0 Å². The quantitative estimate of drug-likeness (QED) is 0.304. The summed E-state index contributed by atoms with van der Waals surface area (Å²) in [6.07, 6.45) is 0. The number of hydrogen-bond donors (Lipinski definition) is 0. The first kappa shape index (κ1) is 34.9. The molecule has 0 saturated heterocycles. The van der Waals surface area contributed by atoms with Gasteiger partial charge < -0.3 is 1.43 Å². The van der Waals surface area contributed by atoms with E-state index in [-0.39, 0.29) is 72.1 Å². The Balaban J connectivity index is 0. The summed E-state index contributed by atoms with van der Waals surface area (Å²) in [6, 6.07) is 0. The van der Waals surface area contributed by atoms with Gasteiger partial charge in [-0.1, -0.05) is 0 Å². The van der Waals surface area contributed by atoms with Crippen LogP contribution < -0.4 is 18.9 Å². The van der Waals surface area contributed by atoms with Gasteiger partial charge in [0.15, 0.2) is 17.4 Å². The van der Waals surface area contributed by atoms with Gasteiger partial charge in [-0.25, -0.2) is 0 Å². The molecule has 0 aliphatic rings. The molecule has 0 aliphatic heterocycles. The van der Waals surface area contributed by atoms with Crippen molar-refractivity contribution < 1.29 is 54.7 Å². The van der Waals surface area contributed by atoms with Crippen molar-refractivity contribution in [3.8, 4) is 0 Å². The summed E-state index contributed by atoms with van der Waals surface area (Å²) in [5, 5.41) is 0. The van der Waals surface area contributed by atoms with E-state index < -0.39 is 0 Å². The van der Waals surface area contributed by atoms with Gasteiger partial charge >= 0.3 is 18.9 Å². The Labute approximate surface area is 71.5 Å². The van der Waals surface area contributed by atoms with Crippen LogP contribution in [0.25, 0.3) is 0 Å². The van der Waals surface area contributed by atoms with Crippen LogP contribution in [-0.2, 0) is 34.4 Å². The van der Waals surface area contributed by atoms with Gasteiger partial charge in [0, 0.05) is 34.4 Å². The van der Waals surface area contributed by atoms with E-state index in [0.717, 1.165) is 0 Å². The largest absolute Gasteiger partial charge is 1.00 e. The molecule has 0 amide bonds. The number of rotatable bonds is 0. The molecule has 0 aromatic rings. The second kappa shape index (κ2) is 19.0. The normalized spacial score (nSPS) is 0. The second-order valence-corrected chi connectivity index (χ2v) is 0. The summed E-state index contributed by atoms with van der Waals surface area (Å²) in [4.78, 5) is 0. The molecule has 4 heavy (non-hydrogen) atoms. The third-order valence-electron chi connectivity index (χ3n) is 0. The van der Waals surface area contributed by atoms with E-state index >= 15 is 0 Å². The third kappa shape index (κ3) is 8.89. The Morgan fingerprint density at radius 1 is 1.25 bits per heavy atom. The van der Waals surface area contributed by atoms with Crippen molar-refractivity contribution in [2.24, 2.45) is 0 Å². The predicted octanol–water partition coefficient (Wildman–Crippen LogP) is -4.07. The molecular weight excluding hydrogens is 141 g/mol. The minimum Gasteiger partial charge on any atom is -1.00 e. The van der Waals surface area contributed by atoms with E-state index in [1.54, 1.807) is 0 Å². The summed E-state index contributed by atoms with van der Waals surface area (Å²) in [5.74, 6) is 0. The minimum atomic E-state index is 0. The zero-order chi connectivity index (χ0) is 0. The zero-order valence-corrected chi connectivity index (χ0v) is 4.24. The Kier molecular flexibility index (Phi) is 166. The third-order valence-corrected chi connectivity index (χ3v) is 0. The fourth-order valence-corrected chi connectivity index (χ4v) is 0. The van der Waals surface area contributed by atoms with Crippen molar-refractivity contribution in [2.45, 2.75) is 0 Å². The van der Waals surface area contributed by atoms with Crippen LogP contribution in [0.3, 0.4) is 0 Å². The van der Waals surface area contributed by atoms with Crippen molar-refractivity contribution in [1.29, 1.82) is 0 Å². The van der Waals surface area contributed by atoms with Crippen LogP contribution in [0.5, 0.6) is 0 Å². The maximum atomic E-state index is 0. The summed E-state index contributed by atoms with van der Waals surface area (Å²) in [6.45, 7) is 0. The average Bonchev–Trinajstić information content (AvgIpc) is 0. The molecular formula is H4AlCrLiMn. The first-order chi connectivity index (χ1) is 0. The van der Waals surface area contributed by atoms with Crippen LogP contribution >= 0.6 is 0 Å². The predicted molar refractivity (Wildman–Crippen MR) is 11.1 cm³/mol. The number of hydrogen-bond acceptors (Lipinski definition) is 0. The molecule has 0 bridgehead atoms. The van der Waals surface area contributed by atoms with Crippen LogP contribution in [0.2, 0.25) is 0 Å². The molecule has 0 aromatic carbocycles. The van der Waals surface area contributed by atoms with Gasteiger partial charge in [0.05, 0.1) is 0 Å². The molecule has 0 aliphatic carbocycles. The van der Waals surface area contributed by atoms with Gasteiger partial charge in [0.1, 0.15) is 0 Å². The van der Waals surface area contributed by atoms with Gasteiger partial charge in [0.2, 0.25) is 0 Å². The fourth-order valence-electron chi connectivity index (χ4n) is 0. The summed E-state index contributed by atoms with van der Waals surface area (Å²) < 4.78 is 0. The summed E-state index contributed by atoms with van der Waals surface area (Å²) in [5.41, 5.74) is 0. The monoisotopic (exact) mass is 145 g/mol. The smallest absolute Gasteiger partial charge is 1.00 e. The molecule has 0 fully saturated rings. The zero-order valence-electron chi connectivity index (χ0n) is 2.79. The molecule has 0 N–H and O–H groups in total. The molecule has 0 aromatic heterocycles. The Morgan fingerprint density at radius 3 is 1.25 bits per heavy atom. The van der Waals surface area contributed by atoms with Crippen molar-refractivity contribution in [3.63, 3.8) is 0 Å². The maximum absolute atomic E-state index is 0. The molecule has 0 spiro atoms. The Hall–Kier alpha value is 2.18. The van der Waals surface area contributed by atoms with Gasteiger partial charge in [-0.2, -0.15) is 0 Å². The standard InChI is InChI=1S/Al.Cr.Li.Mn.4H/q;;+1;;;;;-1. The van der Waals surface area contributed by atoms with Gasteiger partial charge in [-0.15, -0.1) is 0 Å². The van der Waals surface area contributed by atoms with E-state index in [2.05, 4.69) is 0 Å². The van der Waals surface area contributed by atoms with E-state index in [1.807, 2.05) is 0 Å². The summed E-state index contributed by atoms with van der Waals surface area (Å²) in [7, 11) is 0. The van der Waals surface area contributed by atoms with Crippen LogP contribution in [-0.4, -0.2) is 17.4 Å². The van der Waals surface area contributed by atoms with Gasteiger partial charge in [-0.3, -0.25) is 0 Å². The fraction of sp³-hybridized carbons (Fsp3) is 0. The SMILES string of the molecule is [AlH3].[Cr].[H-].[Li+].[Mn]. The minimum absolute atomic E-state index is 0. The first-order valence-electron chi connectivity index (χ1n) is 0. The van der Waals surface area contributed by atoms with Crippen molar-refractivity contribution in [2.75, 3.05) is 0 Å². The second-order valence-electron chi connectivity index (χ2n) is 0.